The van der Waals surface area contributed by atoms with Gasteiger partial charge in [0.2, 0.25) is 5.89 Å². The number of hydrogen-bond acceptors (Lipinski definition) is 4. The van der Waals surface area contributed by atoms with Crippen molar-refractivity contribution in [3.63, 3.8) is 0 Å². The number of carbonyl (C=O) groups is 1. The van der Waals surface area contributed by atoms with Gasteiger partial charge in [0.05, 0.1) is 5.56 Å². The van der Waals surface area contributed by atoms with Gasteiger partial charge in [0.25, 0.3) is 5.91 Å². The van der Waals surface area contributed by atoms with Crippen molar-refractivity contribution in [3.05, 3.63) is 65.9 Å². The molecule has 5 nitrogen and oxygen atoms in total. The van der Waals surface area contributed by atoms with Crippen LogP contribution in [-0.4, -0.2) is 43.0 Å². The zero-order chi connectivity index (χ0) is 21.0. The molecule has 0 aliphatic heterocycles. The molecule has 1 amide bonds. The Hall–Kier alpha value is -3.13. The van der Waals surface area contributed by atoms with Crippen LogP contribution in [0.25, 0.3) is 22.8 Å². The summed E-state index contributed by atoms with van der Waals surface area (Å²) in [6, 6.07) is 13.4. The second kappa shape index (κ2) is 8.48. The van der Waals surface area contributed by atoms with Crippen molar-refractivity contribution >= 4 is 5.91 Å². The number of carbonyl (C=O) groups excluding carboxylic acids is 1. The molecule has 0 aliphatic rings. The van der Waals surface area contributed by atoms with E-state index in [1.165, 1.54) is 12.1 Å². The number of oxazole rings is 1. The van der Waals surface area contributed by atoms with Crippen LogP contribution in [0, 0.1) is 0 Å². The molecule has 0 fully saturated rings. The van der Waals surface area contributed by atoms with Crippen LogP contribution < -0.4 is 5.32 Å². The fourth-order valence-electron chi connectivity index (χ4n) is 2.66. The Morgan fingerprint density at radius 2 is 1.69 bits per heavy atom. The molecule has 1 heterocycles. The van der Waals surface area contributed by atoms with Crippen molar-refractivity contribution in [1.29, 1.82) is 0 Å². The number of amides is 1. The van der Waals surface area contributed by atoms with Crippen molar-refractivity contribution in [3.8, 4) is 22.8 Å². The lowest BCUT2D eigenvalue weighted by molar-refractivity contribution is -0.137. The number of aromatic nitrogens is 1. The Morgan fingerprint density at radius 3 is 2.28 bits per heavy atom. The monoisotopic (exact) mass is 403 g/mol. The molecular formula is C21H20F3N3O2. The predicted octanol–water partition coefficient (Wildman–Crippen LogP) is 4.32. The Bertz CT molecular complexity index is 965. The third-order valence-corrected chi connectivity index (χ3v) is 4.18. The molecular weight excluding hydrogens is 383 g/mol. The van der Waals surface area contributed by atoms with Crippen molar-refractivity contribution in [2.45, 2.75) is 6.18 Å². The summed E-state index contributed by atoms with van der Waals surface area (Å²) in [4.78, 5) is 18.8. The van der Waals surface area contributed by atoms with Gasteiger partial charge < -0.3 is 14.6 Å². The largest absolute Gasteiger partial charge is 0.435 e. The van der Waals surface area contributed by atoms with Gasteiger partial charge in [0.15, 0.2) is 11.5 Å². The smallest absolute Gasteiger partial charge is 0.416 e. The third kappa shape index (κ3) is 5.03. The van der Waals surface area contributed by atoms with Crippen LogP contribution in [0.1, 0.15) is 16.1 Å². The molecule has 0 saturated carbocycles. The highest BCUT2D eigenvalue weighted by molar-refractivity contribution is 5.98. The molecule has 29 heavy (non-hydrogen) atoms. The number of nitrogens with one attached hydrogen (secondary N) is 1. The summed E-state index contributed by atoms with van der Waals surface area (Å²) >= 11 is 0. The minimum Gasteiger partial charge on any atom is -0.435 e. The Kier molecular flexibility index (Phi) is 6.03. The van der Waals surface area contributed by atoms with Crippen molar-refractivity contribution < 1.29 is 22.4 Å². The van der Waals surface area contributed by atoms with Gasteiger partial charge in [-0.15, -0.1) is 0 Å². The Labute approximate surface area is 166 Å². The van der Waals surface area contributed by atoms with Gasteiger partial charge in [0, 0.05) is 24.2 Å². The second-order valence-corrected chi connectivity index (χ2v) is 6.70. The highest BCUT2D eigenvalue weighted by Gasteiger charge is 2.30. The minimum atomic E-state index is -4.43. The molecule has 152 valence electrons. The van der Waals surface area contributed by atoms with E-state index in [1.54, 1.807) is 24.3 Å². The van der Waals surface area contributed by atoms with Crippen molar-refractivity contribution in [1.82, 2.24) is 15.2 Å². The molecule has 0 spiro atoms. The maximum absolute atomic E-state index is 12.8. The first-order chi connectivity index (χ1) is 13.8. The van der Waals surface area contributed by atoms with E-state index in [9.17, 15) is 18.0 Å². The first-order valence-electron chi connectivity index (χ1n) is 8.92. The molecule has 0 aliphatic carbocycles. The zero-order valence-corrected chi connectivity index (χ0v) is 16.0. The average Bonchev–Trinajstić information content (AvgIpc) is 3.13. The molecule has 0 radical (unpaired) electrons. The van der Waals surface area contributed by atoms with Crippen LogP contribution in [0.5, 0.6) is 0 Å². The van der Waals surface area contributed by atoms with Crippen LogP contribution >= 0.6 is 0 Å². The van der Waals surface area contributed by atoms with Gasteiger partial charge in [-0.2, -0.15) is 13.2 Å². The van der Waals surface area contributed by atoms with Gasteiger partial charge >= 0.3 is 6.18 Å². The highest BCUT2D eigenvalue weighted by atomic mass is 19.4. The van der Waals surface area contributed by atoms with Crippen LogP contribution in [0.4, 0.5) is 13.2 Å². The topological polar surface area (TPSA) is 58.4 Å². The number of halogens is 3. The molecule has 2 aromatic carbocycles. The summed E-state index contributed by atoms with van der Waals surface area (Å²) in [5.74, 6) is -0.0641. The Morgan fingerprint density at radius 1 is 1.03 bits per heavy atom. The predicted molar refractivity (Wildman–Crippen MR) is 103 cm³/mol. The van der Waals surface area contributed by atoms with Crippen molar-refractivity contribution in [2.75, 3.05) is 27.2 Å². The third-order valence-electron chi connectivity index (χ3n) is 4.18. The normalized spacial score (nSPS) is 11.7. The van der Waals surface area contributed by atoms with E-state index in [0.717, 1.165) is 12.1 Å². The number of likely N-dealkylation sites (N-methyl/N-ethyl adjacent to an activating group) is 1. The zero-order valence-electron chi connectivity index (χ0n) is 16.0. The van der Waals surface area contributed by atoms with E-state index in [-0.39, 0.29) is 17.3 Å². The number of hydrogen-bond donors (Lipinski definition) is 1. The lowest BCUT2D eigenvalue weighted by Crippen LogP contribution is -2.31. The number of alkyl halides is 3. The summed E-state index contributed by atoms with van der Waals surface area (Å²) in [5.41, 5.74) is 0.320. The molecule has 0 bridgehead atoms. The molecule has 8 heteroatoms. The fraction of sp³-hybridized carbons (Fsp3) is 0.238. The van der Waals surface area contributed by atoms with Crippen LogP contribution in [0.3, 0.4) is 0 Å². The molecule has 0 saturated heterocycles. The van der Waals surface area contributed by atoms with Gasteiger partial charge in [-0.25, -0.2) is 4.98 Å². The maximum Gasteiger partial charge on any atom is 0.416 e. The summed E-state index contributed by atoms with van der Waals surface area (Å²) in [5, 5.41) is 2.78. The van der Waals surface area contributed by atoms with Gasteiger partial charge in [0.1, 0.15) is 0 Å². The standard InChI is InChI=1S/C21H20F3N3O2/c1-27(2)13-12-25-19(28)17-18(14-6-4-3-5-7-14)29-20(26-17)15-8-10-16(11-9-15)21(22,23)24/h3-11H,12-13H2,1-2H3,(H,25,28). The molecule has 3 aromatic rings. The maximum atomic E-state index is 12.8. The summed E-state index contributed by atoms with van der Waals surface area (Å²) < 4.78 is 44.2. The van der Waals surface area contributed by atoms with Crippen LogP contribution in [-0.2, 0) is 6.18 Å². The number of rotatable bonds is 6. The molecule has 3 rings (SSSR count). The van der Waals surface area contributed by atoms with E-state index in [0.29, 0.717) is 24.2 Å². The Balaban J connectivity index is 1.95. The lowest BCUT2D eigenvalue weighted by atomic mass is 10.1. The van der Waals surface area contributed by atoms with Crippen molar-refractivity contribution in [2.24, 2.45) is 0 Å². The second-order valence-electron chi connectivity index (χ2n) is 6.70. The fourth-order valence-corrected chi connectivity index (χ4v) is 2.66. The van der Waals surface area contributed by atoms with E-state index in [2.05, 4.69) is 10.3 Å². The van der Waals surface area contributed by atoms with Crippen LogP contribution in [0.2, 0.25) is 0 Å². The first kappa shape index (κ1) is 20.6. The average molecular weight is 403 g/mol. The number of benzene rings is 2. The molecule has 0 unspecified atom stereocenters. The van der Waals surface area contributed by atoms with Gasteiger partial charge in [-0.05, 0) is 38.4 Å². The van der Waals surface area contributed by atoms with Gasteiger partial charge in [-0.1, -0.05) is 30.3 Å². The van der Waals surface area contributed by atoms with E-state index in [1.807, 2.05) is 25.1 Å². The molecule has 0 atom stereocenters. The molecule has 1 aromatic heterocycles. The quantitative estimate of drug-likeness (QED) is 0.666. The molecule has 1 N–H and O–H groups in total. The summed E-state index contributed by atoms with van der Waals surface area (Å²) in [7, 11) is 3.78. The first-order valence-corrected chi connectivity index (χ1v) is 8.92. The minimum absolute atomic E-state index is 0.0790. The number of nitrogens with zero attached hydrogens (tertiary/aromatic N) is 2. The van der Waals surface area contributed by atoms with E-state index < -0.39 is 17.6 Å². The van der Waals surface area contributed by atoms with E-state index in [4.69, 9.17) is 4.42 Å². The highest BCUT2D eigenvalue weighted by Crippen LogP contribution is 2.33. The summed E-state index contributed by atoms with van der Waals surface area (Å²) in [6.07, 6.45) is -4.43. The lowest BCUT2D eigenvalue weighted by Gasteiger charge is -2.09. The summed E-state index contributed by atoms with van der Waals surface area (Å²) in [6.45, 7) is 1.07. The van der Waals surface area contributed by atoms with E-state index >= 15 is 0 Å². The SMILES string of the molecule is CN(C)CCNC(=O)c1nc(-c2ccc(C(F)(F)F)cc2)oc1-c1ccccc1. The van der Waals surface area contributed by atoms with Crippen LogP contribution in [0.15, 0.2) is 59.0 Å². The van der Waals surface area contributed by atoms with Gasteiger partial charge in [-0.3, -0.25) is 4.79 Å².